The van der Waals surface area contributed by atoms with Gasteiger partial charge in [0.1, 0.15) is 12.4 Å². The van der Waals surface area contributed by atoms with Gasteiger partial charge in [-0.3, -0.25) is 4.90 Å². The Kier molecular flexibility index (Phi) is 7.99. The van der Waals surface area contributed by atoms with Crippen LogP contribution in [0.15, 0.2) is 18.2 Å². The van der Waals surface area contributed by atoms with Crippen molar-refractivity contribution in [2.75, 3.05) is 40.3 Å². The Labute approximate surface area is 127 Å². The van der Waals surface area contributed by atoms with Crippen molar-refractivity contribution in [3.63, 3.8) is 0 Å². The van der Waals surface area contributed by atoms with Crippen LogP contribution in [0.3, 0.4) is 0 Å². The maximum absolute atomic E-state index is 13.6. The lowest BCUT2D eigenvalue weighted by atomic mass is 10.1. The predicted molar refractivity (Wildman–Crippen MR) is 84.5 cm³/mol. The van der Waals surface area contributed by atoms with E-state index in [-0.39, 0.29) is 12.4 Å². The zero-order chi connectivity index (χ0) is 15.7. The first kappa shape index (κ1) is 17.6. The first-order chi connectivity index (χ1) is 10.1. The lowest BCUT2D eigenvalue weighted by Gasteiger charge is -2.21. The van der Waals surface area contributed by atoms with E-state index in [9.17, 15) is 4.39 Å². The molecular formula is C17H25FN2O. The third-order valence-corrected chi connectivity index (χ3v) is 3.27. The van der Waals surface area contributed by atoms with Crippen LogP contribution in [-0.2, 0) is 6.54 Å². The maximum Gasteiger partial charge on any atom is 0.138 e. The number of rotatable bonds is 7. The highest BCUT2D eigenvalue weighted by molar-refractivity contribution is 5.38. The molecule has 21 heavy (non-hydrogen) atoms. The molecule has 0 saturated heterocycles. The van der Waals surface area contributed by atoms with Gasteiger partial charge in [0.15, 0.2) is 0 Å². The smallest absolute Gasteiger partial charge is 0.138 e. The number of hydrogen-bond donors (Lipinski definition) is 1. The van der Waals surface area contributed by atoms with Crippen LogP contribution in [0.25, 0.3) is 0 Å². The predicted octanol–water partition coefficient (Wildman–Crippen LogP) is 1.94. The summed E-state index contributed by atoms with van der Waals surface area (Å²) in [6, 6.07) is 5.02. The van der Waals surface area contributed by atoms with Gasteiger partial charge in [-0.15, -0.1) is 0 Å². The van der Waals surface area contributed by atoms with Crippen LogP contribution in [0.1, 0.15) is 24.5 Å². The van der Waals surface area contributed by atoms with Gasteiger partial charge in [-0.2, -0.15) is 0 Å². The molecule has 0 unspecified atom stereocenters. The van der Waals surface area contributed by atoms with Crippen molar-refractivity contribution >= 4 is 0 Å². The Balaban J connectivity index is 2.67. The summed E-state index contributed by atoms with van der Waals surface area (Å²) in [5.74, 6) is 4.81. The second kappa shape index (κ2) is 9.51. The summed E-state index contributed by atoms with van der Waals surface area (Å²) in [6.07, 6.45) is 1.11. The molecule has 0 aliphatic heterocycles. The van der Waals surface area contributed by atoms with Gasteiger partial charge in [-0.25, -0.2) is 4.39 Å². The summed E-state index contributed by atoms with van der Waals surface area (Å²) in [4.78, 5) is 4.51. The summed E-state index contributed by atoms with van der Waals surface area (Å²) in [7, 11) is 4.14. The molecule has 0 radical (unpaired) electrons. The van der Waals surface area contributed by atoms with Gasteiger partial charge in [-0.1, -0.05) is 24.8 Å². The van der Waals surface area contributed by atoms with E-state index in [1.54, 1.807) is 12.1 Å². The van der Waals surface area contributed by atoms with Crippen LogP contribution in [0.5, 0.6) is 0 Å². The number of aliphatic hydroxyl groups excluding tert-OH is 1. The summed E-state index contributed by atoms with van der Waals surface area (Å²) in [6.45, 7) is 5.71. The van der Waals surface area contributed by atoms with E-state index in [0.717, 1.165) is 38.2 Å². The highest BCUT2D eigenvalue weighted by Gasteiger charge is 2.06. The molecule has 1 aromatic carbocycles. The molecule has 0 aromatic heterocycles. The Morgan fingerprint density at radius 3 is 2.62 bits per heavy atom. The molecule has 116 valence electrons. The molecule has 0 spiro atoms. The summed E-state index contributed by atoms with van der Waals surface area (Å²) < 4.78 is 13.6. The van der Waals surface area contributed by atoms with Gasteiger partial charge in [0.2, 0.25) is 0 Å². The van der Waals surface area contributed by atoms with Crippen LogP contribution in [0.2, 0.25) is 0 Å². The molecule has 0 fully saturated rings. The van der Waals surface area contributed by atoms with Gasteiger partial charge in [0, 0.05) is 6.54 Å². The van der Waals surface area contributed by atoms with E-state index in [1.807, 2.05) is 0 Å². The van der Waals surface area contributed by atoms with Gasteiger partial charge >= 0.3 is 0 Å². The fraction of sp³-hybridized carbons (Fsp3) is 0.529. The second-order valence-corrected chi connectivity index (χ2v) is 5.30. The highest BCUT2D eigenvalue weighted by atomic mass is 19.1. The van der Waals surface area contributed by atoms with Crippen LogP contribution in [0, 0.1) is 17.7 Å². The Bertz CT molecular complexity index is 491. The van der Waals surface area contributed by atoms with Crippen molar-refractivity contribution in [3.8, 4) is 11.8 Å². The summed E-state index contributed by atoms with van der Waals surface area (Å²) in [5, 5.41) is 8.70. The van der Waals surface area contributed by atoms with Gasteiger partial charge in [0.25, 0.3) is 0 Å². The van der Waals surface area contributed by atoms with E-state index < -0.39 is 0 Å². The average molecular weight is 292 g/mol. The van der Waals surface area contributed by atoms with Crippen molar-refractivity contribution in [1.82, 2.24) is 9.80 Å². The minimum absolute atomic E-state index is 0.255. The van der Waals surface area contributed by atoms with Crippen molar-refractivity contribution in [3.05, 3.63) is 35.1 Å². The van der Waals surface area contributed by atoms with E-state index in [2.05, 4.69) is 42.7 Å². The molecule has 0 saturated carbocycles. The number of hydrogen-bond acceptors (Lipinski definition) is 3. The topological polar surface area (TPSA) is 26.7 Å². The third kappa shape index (κ3) is 6.72. The SMILES string of the molecule is CCN(CCCN(C)C)Cc1ccc(F)c(C#CCO)c1. The van der Waals surface area contributed by atoms with Crippen LogP contribution in [-0.4, -0.2) is 55.2 Å². The van der Waals surface area contributed by atoms with Crippen molar-refractivity contribution < 1.29 is 9.50 Å². The van der Waals surface area contributed by atoms with Crippen molar-refractivity contribution in [1.29, 1.82) is 0 Å². The fourth-order valence-electron chi connectivity index (χ4n) is 2.12. The first-order valence-electron chi connectivity index (χ1n) is 7.32. The molecule has 3 nitrogen and oxygen atoms in total. The minimum atomic E-state index is -0.338. The molecule has 0 amide bonds. The fourth-order valence-corrected chi connectivity index (χ4v) is 2.12. The lowest BCUT2D eigenvalue weighted by molar-refractivity contribution is 0.259. The molecule has 1 N–H and O–H groups in total. The van der Waals surface area contributed by atoms with Crippen LogP contribution < -0.4 is 0 Å². The zero-order valence-corrected chi connectivity index (χ0v) is 13.2. The van der Waals surface area contributed by atoms with E-state index >= 15 is 0 Å². The number of nitrogens with zero attached hydrogens (tertiary/aromatic N) is 2. The summed E-state index contributed by atoms with van der Waals surface area (Å²) >= 11 is 0. The molecule has 0 heterocycles. The normalized spacial score (nSPS) is 10.8. The zero-order valence-electron chi connectivity index (χ0n) is 13.2. The Morgan fingerprint density at radius 1 is 1.24 bits per heavy atom. The van der Waals surface area contributed by atoms with E-state index in [4.69, 9.17) is 5.11 Å². The maximum atomic E-state index is 13.6. The van der Waals surface area contributed by atoms with E-state index in [0.29, 0.717) is 5.56 Å². The van der Waals surface area contributed by atoms with Crippen LogP contribution >= 0.6 is 0 Å². The first-order valence-corrected chi connectivity index (χ1v) is 7.32. The molecule has 0 aliphatic rings. The third-order valence-electron chi connectivity index (χ3n) is 3.27. The van der Waals surface area contributed by atoms with Crippen molar-refractivity contribution in [2.45, 2.75) is 19.9 Å². The van der Waals surface area contributed by atoms with Crippen molar-refractivity contribution in [2.24, 2.45) is 0 Å². The Morgan fingerprint density at radius 2 is 2.00 bits per heavy atom. The monoisotopic (exact) mass is 292 g/mol. The minimum Gasteiger partial charge on any atom is -0.384 e. The molecule has 0 bridgehead atoms. The molecule has 1 aromatic rings. The standard InChI is InChI=1S/C17H25FN2O/c1-4-20(11-6-10-19(2)3)14-15-8-9-17(18)16(13-15)7-5-12-21/h8-9,13,21H,4,6,10-12,14H2,1-3H3. The molecule has 0 atom stereocenters. The quantitative estimate of drug-likeness (QED) is 0.778. The van der Waals surface area contributed by atoms with Gasteiger partial charge < -0.3 is 10.0 Å². The number of aliphatic hydroxyl groups is 1. The molecule has 0 aliphatic carbocycles. The largest absolute Gasteiger partial charge is 0.384 e. The second-order valence-electron chi connectivity index (χ2n) is 5.30. The average Bonchev–Trinajstić information content (AvgIpc) is 2.46. The van der Waals surface area contributed by atoms with Crippen LogP contribution in [0.4, 0.5) is 4.39 Å². The van der Waals surface area contributed by atoms with E-state index in [1.165, 1.54) is 6.07 Å². The number of benzene rings is 1. The lowest BCUT2D eigenvalue weighted by Crippen LogP contribution is -2.27. The number of halogens is 1. The van der Waals surface area contributed by atoms with Gasteiger partial charge in [0.05, 0.1) is 5.56 Å². The molecule has 1 rings (SSSR count). The molecule has 4 heteroatoms. The molecular weight excluding hydrogens is 267 g/mol. The Hall–Kier alpha value is -1.41. The van der Waals surface area contributed by atoms with Gasteiger partial charge in [-0.05, 0) is 57.8 Å². The summed E-state index contributed by atoms with van der Waals surface area (Å²) in [5.41, 5.74) is 1.40. The highest BCUT2D eigenvalue weighted by Crippen LogP contribution is 2.12.